The van der Waals surface area contributed by atoms with Gasteiger partial charge in [-0.15, -0.1) is 11.6 Å². The van der Waals surface area contributed by atoms with E-state index >= 15 is 0 Å². The minimum atomic E-state index is -0.243. The lowest BCUT2D eigenvalue weighted by Gasteiger charge is -2.26. The van der Waals surface area contributed by atoms with Gasteiger partial charge in [-0.3, -0.25) is 0 Å². The number of hydrogen-bond donors (Lipinski definition) is 0. The van der Waals surface area contributed by atoms with Crippen LogP contribution in [0.3, 0.4) is 0 Å². The smallest absolute Gasteiger partial charge is 0.127 e. The Labute approximate surface area is 125 Å². The Bertz CT molecular complexity index is 602. The van der Waals surface area contributed by atoms with Gasteiger partial charge in [0.1, 0.15) is 5.82 Å². The standard InChI is InChI=1S/C16H23ClN2O/c1-6-20-16(4,5)10-19-14-9-11(2)7-8-13(14)18-15(19)12(3)17/h7-9,12H,6,10H2,1-5H3. The van der Waals surface area contributed by atoms with E-state index < -0.39 is 0 Å². The first kappa shape index (κ1) is 15.3. The monoisotopic (exact) mass is 294 g/mol. The number of imidazole rings is 1. The minimum Gasteiger partial charge on any atom is -0.374 e. The van der Waals surface area contributed by atoms with Crippen molar-refractivity contribution in [3.8, 4) is 0 Å². The molecule has 0 bridgehead atoms. The van der Waals surface area contributed by atoms with E-state index in [-0.39, 0.29) is 11.0 Å². The van der Waals surface area contributed by atoms with Crippen molar-refractivity contribution in [3.05, 3.63) is 29.6 Å². The normalized spacial score (nSPS) is 13.9. The summed E-state index contributed by atoms with van der Waals surface area (Å²) < 4.78 is 8.01. The highest BCUT2D eigenvalue weighted by Crippen LogP contribution is 2.27. The van der Waals surface area contributed by atoms with Gasteiger partial charge in [0, 0.05) is 6.61 Å². The molecule has 0 amide bonds. The minimum absolute atomic E-state index is 0.125. The number of rotatable bonds is 5. The fourth-order valence-corrected chi connectivity index (χ4v) is 2.70. The number of hydrogen-bond acceptors (Lipinski definition) is 2. The third kappa shape index (κ3) is 3.15. The van der Waals surface area contributed by atoms with Crippen molar-refractivity contribution in [1.29, 1.82) is 0 Å². The highest BCUT2D eigenvalue weighted by Gasteiger charge is 2.23. The summed E-state index contributed by atoms with van der Waals surface area (Å²) in [6.45, 7) is 11.7. The van der Waals surface area contributed by atoms with Gasteiger partial charge >= 0.3 is 0 Å². The van der Waals surface area contributed by atoms with E-state index in [1.54, 1.807) is 0 Å². The molecular formula is C16H23ClN2O. The fourth-order valence-electron chi connectivity index (χ4n) is 2.54. The molecule has 4 heteroatoms. The van der Waals surface area contributed by atoms with Crippen LogP contribution in [-0.2, 0) is 11.3 Å². The largest absolute Gasteiger partial charge is 0.374 e. The van der Waals surface area contributed by atoms with Gasteiger partial charge in [-0.2, -0.15) is 0 Å². The van der Waals surface area contributed by atoms with E-state index in [0.29, 0.717) is 6.61 Å². The van der Waals surface area contributed by atoms with Crippen LogP contribution < -0.4 is 0 Å². The lowest BCUT2D eigenvalue weighted by Crippen LogP contribution is -2.31. The maximum Gasteiger partial charge on any atom is 0.127 e. The summed E-state index contributed by atoms with van der Waals surface area (Å²) >= 11 is 6.30. The number of aryl methyl sites for hydroxylation is 1. The summed E-state index contributed by atoms with van der Waals surface area (Å²) in [6, 6.07) is 6.29. The molecule has 110 valence electrons. The van der Waals surface area contributed by atoms with Crippen molar-refractivity contribution < 1.29 is 4.74 Å². The molecule has 0 saturated heterocycles. The lowest BCUT2D eigenvalue weighted by molar-refractivity contribution is -0.0221. The Morgan fingerprint density at radius 3 is 2.70 bits per heavy atom. The quantitative estimate of drug-likeness (QED) is 0.761. The topological polar surface area (TPSA) is 27.1 Å². The molecule has 0 fully saturated rings. The first-order chi connectivity index (χ1) is 9.34. The van der Waals surface area contributed by atoms with Gasteiger partial charge in [0.05, 0.1) is 28.6 Å². The van der Waals surface area contributed by atoms with Gasteiger partial charge in [0.25, 0.3) is 0 Å². The molecule has 0 spiro atoms. The molecule has 3 nitrogen and oxygen atoms in total. The predicted molar refractivity (Wildman–Crippen MR) is 84.4 cm³/mol. The number of benzene rings is 1. The number of nitrogens with zero attached hydrogens (tertiary/aromatic N) is 2. The van der Waals surface area contributed by atoms with Crippen molar-refractivity contribution in [2.24, 2.45) is 0 Å². The zero-order valence-electron chi connectivity index (χ0n) is 12.9. The molecular weight excluding hydrogens is 272 g/mol. The summed E-state index contributed by atoms with van der Waals surface area (Å²) in [7, 11) is 0. The Hall–Kier alpha value is -1.06. The average Bonchev–Trinajstić information content (AvgIpc) is 2.67. The van der Waals surface area contributed by atoms with E-state index in [2.05, 4.69) is 48.5 Å². The first-order valence-electron chi connectivity index (χ1n) is 7.09. The highest BCUT2D eigenvalue weighted by molar-refractivity contribution is 6.20. The van der Waals surface area contributed by atoms with Crippen LogP contribution >= 0.6 is 11.6 Å². The molecule has 2 rings (SSSR count). The molecule has 2 aromatic rings. The molecule has 0 aliphatic carbocycles. The van der Waals surface area contributed by atoms with Crippen molar-refractivity contribution >= 4 is 22.6 Å². The van der Waals surface area contributed by atoms with E-state index in [4.69, 9.17) is 16.3 Å². The van der Waals surface area contributed by atoms with Crippen LogP contribution in [0.2, 0.25) is 0 Å². The number of fused-ring (bicyclic) bond motifs is 1. The zero-order chi connectivity index (χ0) is 14.9. The molecule has 0 N–H and O–H groups in total. The third-order valence-corrected chi connectivity index (χ3v) is 3.56. The molecule has 1 atom stereocenters. The van der Waals surface area contributed by atoms with E-state index in [1.807, 2.05) is 13.8 Å². The second kappa shape index (κ2) is 5.74. The van der Waals surface area contributed by atoms with Crippen LogP contribution in [-0.4, -0.2) is 21.8 Å². The van der Waals surface area contributed by atoms with Gasteiger partial charge < -0.3 is 9.30 Å². The number of alkyl halides is 1. The van der Waals surface area contributed by atoms with Crippen molar-refractivity contribution in [1.82, 2.24) is 9.55 Å². The van der Waals surface area contributed by atoms with Crippen molar-refractivity contribution in [2.45, 2.75) is 52.1 Å². The zero-order valence-corrected chi connectivity index (χ0v) is 13.7. The lowest BCUT2D eigenvalue weighted by atomic mass is 10.1. The molecule has 0 radical (unpaired) electrons. The van der Waals surface area contributed by atoms with Gasteiger partial charge in [0.2, 0.25) is 0 Å². The molecule has 0 saturated carbocycles. The summed E-state index contributed by atoms with van der Waals surface area (Å²) in [5.41, 5.74) is 3.10. The van der Waals surface area contributed by atoms with Crippen LogP contribution in [0.1, 0.15) is 44.5 Å². The number of ether oxygens (including phenoxy) is 1. The Morgan fingerprint density at radius 2 is 2.10 bits per heavy atom. The van der Waals surface area contributed by atoms with Gasteiger partial charge in [0.15, 0.2) is 0 Å². The first-order valence-corrected chi connectivity index (χ1v) is 7.52. The molecule has 1 unspecified atom stereocenters. The van der Waals surface area contributed by atoms with Crippen LogP contribution in [0, 0.1) is 6.92 Å². The van der Waals surface area contributed by atoms with Gasteiger partial charge in [-0.1, -0.05) is 6.07 Å². The Kier molecular flexibility index (Phi) is 4.40. The maximum atomic E-state index is 6.30. The molecule has 1 heterocycles. The third-order valence-electron chi connectivity index (χ3n) is 3.36. The van der Waals surface area contributed by atoms with Gasteiger partial charge in [-0.25, -0.2) is 4.98 Å². The fraction of sp³-hybridized carbons (Fsp3) is 0.562. The maximum absolute atomic E-state index is 6.30. The molecule has 1 aromatic heterocycles. The predicted octanol–water partition coefficient (Wildman–Crippen LogP) is 4.46. The van der Waals surface area contributed by atoms with Gasteiger partial charge in [-0.05, 0) is 52.3 Å². The Balaban J connectivity index is 2.53. The molecule has 0 aliphatic heterocycles. The van der Waals surface area contributed by atoms with Crippen molar-refractivity contribution in [2.75, 3.05) is 6.61 Å². The van der Waals surface area contributed by atoms with Crippen LogP contribution in [0.25, 0.3) is 11.0 Å². The van der Waals surface area contributed by atoms with E-state index in [1.165, 1.54) is 5.56 Å². The average molecular weight is 295 g/mol. The summed E-state index contributed by atoms with van der Waals surface area (Å²) in [6.07, 6.45) is 0. The summed E-state index contributed by atoms with van der Waals surface area (Å²) in [5, 5.41) is -0.125. The molecule has 1 aromatic carbocycles. The van der Waals surface area contributed by atoms with Crippen LogP contribution in [0.15, 0.2) is 18.2 Å². The van der Waals surface area contributed by atoms with Crippen LogP contribution in [0.5, 0.6) is 0 Å². The van der Waals surface area contributed by atoms with E-state index in [0.717, 1.165) is 23.4 Å². The highest BCUT2D eigenvalue weighted by atomic mass is 35.5. The SMILES string of the molecule is CCOC(C)(C)Cn1c(C(C)Cl)nc2ccc(C)cc21. The summed E-state index contributed by atoms with van der Waals surface area (Å²) in [4.78, 5) is 4.67. The number of halogens is 1. The van der Waals surface area contributed by atoms with E-state index in [9.17, 15) is 0 Å². The molecule has 20 heavy (non-hydrogen) atoms. The Morgan fingerprint density at radius 1 is 1.40 bits per heavy atom. The summed E-state index contributed by atoms with van der Waals surface area (Å²) in [5.74, 6) is 0.903. The second-order valence-electron chi connectivity index (χ2n) is 5.86. The number of aromatic nitrogens is 2. The second-order valence-corrected chi connectivity index (χ2v) is 6.51. The van der Waals surface area contributed by atoms with Crippen LogP contribution in [0.4, 0.5) is 0 Å². The molecule has 0 aliphatic rings. The van der Waals surface area contributed by atoms with Crippen molar-refractivity contribution in [3.63, 3.8) is 0 Å².